The minimum Gasteiger partial charge on any atom is -0.393 e. The minimum atomic E-state index is -0.530. The van der Waals surface area contributed by atoms with Gasteiger partial charge in [-0.1, -0.05) is 34.6 Å². The fourth-order valence-electron chi connectivity index (χ4n) is 4.07. The Balaban J connectivity index is 1.90. The molecule has 0 radical (unpaired) electrons. The molecule has 22 heavy (non-hydrogen) atoms. The van der Waals surface area contributed by atoms with Gasteiger partial charge in [0.25, 0.3) is 0 Å². The van der Waals surface area contributed by atoms with Crippen molar-refractivity contribution < 1.29 is 14.6 Å². The van der Waals surface area contributed by atoms with Crippen LogP contribution in [0.3, 0.4) is 0 Å². The lowest BCUT2D eigenvalue weighted by atomic mass is 9.69. The molecule has 4 unspecified atom stereocenters. The van der Waals surface area contributed by atoms with Gasteiger partial charge in [0.05, 0.1) is 18.8 Å². The predicted molar refractivity (Wildman–Crippen MR) is 88.8 cm³/mol. The number of likely N-dealkylation sites (N-methyl/N-ethyl adjacent to an activating group) is 1. The van der Waals surface area contributed by atoms with E-state index in [2.05, 4.69) is 39.5 Å². The van der Waals surface area contributed by atoms with E-state index in [9.17, 15) is 5.11 Å². The molecule has 4 heteroatoms. The molecule has 2 fully saturated rings. The quantitative estimate of drug-likeness (QED) is 0.847. The number of hydrogen-bond donors (Lipinski definition) is 1. The first-order chi connectivity index (χ1) is 10.3. The fourth-order valence-corrected chi connectivity index (χ4v) is 4.07. The lowest BCUT2D eigenvalue weighted by Gasteiger charge is -2.44. The Bertz CT molecular complexity index is 355. The first-order valence-corrected chi connectivity index (χ1v) is 9.02. The van der Waals surface area contributed by atoms with Crippen molar-refractivity contribution in [1.82, 2.24) is 4.90 Å². The van der Waals surface area contributed by atoms with Gasteiger partial charge in [-0.2, -0.15) is 0 Å². The van der Waals surface area contributed by atoms with Crippen LogP contribution in [0.25, 0.3) is 0 Å². The molecule has 4 atom stereocenters. The van der Waals surface area contributed by atoms with Crippen LogP contribution in [-0.4, -0.2) is 54.2 Å². The number of aliphatic hydroxyl groups is 1. The summed E-state index contributed by atoms with van der Waals surface area (Å²) in [5.41, 5.74) is 0.138. The smallest absolute Gasteiger partial charge is 0.171 e. The third kappa shape index (κ3) is 4.22. The van der Waals surface area contributed by atoms with Gasteiger partial charge in [0.1, 0.15) is 0 Å². The molecule has 1 spiro atoms. The maximum atomic E-state index is 10.6. The van der Waals surface area contributed by atoms with E-state index < -0.39 is 5.79 Å². The average Bonchev–Trinajstić information content (AvgIpc) is 2.79. The van der Waals surface area contributed by atoms with E-state index in [1.54, 1.807) is 0 Å². The third-order valence-corrected chi connectivity index (χ3v) is 5.30. The topological polar surface area (TPSA) is 41.9 Å². The Hall–Kier alpha value is -0.160. The molecule has 0 aromatic carbocycles. The maximum absolute atomic E-state index is 10.6. The Labute approximate surface area is 136 Å². The van der Waals surface area contributed by atoms with E-state index in [0.29, 0.717) is 18.9 Å². The number of nitrogens with zero attached hydrogens (tertiary/aromatic N) is 1. The fraction of sp³-hybridized carbons (Fsp3) is 1.00. The van der Waals surface area contributed by atoms with Crippen molar-refractivity contribution in [1.29, 1.82) is 0 Å². The monoisotopic (exact) mass is 313 g/mol. The first-order valence-electron chi connectivity index (χ1n) is 9.02. The van der Waals surface area contributed by atoms with E-state index in [1.165, 1.54) is 6.42 Å². The molecule has 1 N–H and O–H groups in total. The van der Waals surface area contributed by atoms with Crippen LogP contribution in [0.1, 0.15) is 60.3 Å². The minimum absolute atomic E-state index is 0.138. The second-order valence-corrected chi connectivity index (χ2v) is 8.14. The predicted octanol–water partition coefficient (Wildman–Crippen LogP) is 3.04. The lowest BCUT2D eigenvalue weighted by molar-refractivity contribution is -0.221. The van der Waals surface area contributed by atoms with Crippen LogP contribution >= 0.6 is 0 Å². The highest BCUT2D eigenvalue weighted by atomic mass is 16.7. The number of rotatable bonds is 5. The molecular weight excluding hydrogens is 278 g/mol. The summed E-state index contributed by atoms with van der Waals surface area (Å²) in [6, 6.07) is 0. The Morgan fingerprint density at radius 1 is 1.27 bits per heavy atom. The molecule has 0 aromatic rings. The summed E-state index contributed by atoms with van der Waals surface area (Å²) in [5.74, 6) is -0.200. The molecule has 4 nitrogen and oxygen atoms in total. The van der Waals surface area contributed by atoms with Crippen LogP contribution in [0.15, 0.2) is 0 Å². The SMILES string of the molecule is CCCN(CC)CC1COC2(CCC(C(C)(C)C)C(O)C2)O1. The summed E-state index contributed by atoms with van der Waals surface area (Å²) < 4.78 is 12.3. The highest BCUT2D eigenvalue weighted by Gasteiger charge is 2.49. The molecule has 130 valence electrons. The van der Waals surface area contributed by atoms with Crippen LogP contribution in [0.4, 0.5) is 0 Å². The van der Waals surface area contributed by atoms with Gasteiger partial charge in [-0.3, -0.25) is 0 Å². The first kappa shape index (κ1) is 18.2. The van der Waals surface area contributed by atoms with Crippen molar-refractivity contribution in [2.24, 2.45) is 11.3 Å². The highest BCUT2D eigenvalue weighted by Crippen LogP contribution is 2.45. The molecule has 2 aliphatic rings. The summed E-state index contributed by atoms with van der Waals surface area (Å²) in [4.78, 5) is 2.42. The van der Waals surface area contributed by atoms with Gasteiger partial charge in [0, 0.05) is 19.4 Å². The number of ether oxygens (including phenoxy) is 2. The van der Waals surface area contributed by atoms with Gasteiger partial charge in [0.15, 0.2) is 5.79 Å². The normalized spacial score (nSPS) is 36.4. The van der Waals surface area contributed by atoms with E-state index in [4.69, 9.17) is 9.47 Å². The zero-order chi connectivity index (χ0) is 16.4. The largest absolute Gasteiger partial charge is 0.393 e. The summed E-state index contributed by atoms with van der Waals surface area (Å²) in [6.07, 6.45) is 3.48. The Kier molecular flexibility index (Phi) is 5.92. The van der Waals surface area contributed by atoms with Crippen molar-refractivity contribution in [3.63, 3.8) is 0 Å². The van der Waals surface area contributed by atoms with E-state index >= 15 is 0 Å². The number of aliphatic hydroxyl groups excluding tert-OH is 1. The van der Waals surface area contributed by atoms with Crippen molar-refractivity contribution in [3.8, 4) is 0 Å². The zero-order valence-electron chi connectivity index (χ0n) is 15.1. The van der Waals surface area contributed by atoms with Gasteiger partial charge >= 0.3 is 0 Å². The Morgan fingerprint density at radius 3 is 2.55 bits per heavy atom. The summed E-state index contributed by atoms with van der Waals surface area (Å²) >= 11 is 0. The molecule has 1 aliphatic heterocycles. The standard InChI is InChI=1S/C18H35NO3/c1-6-10-19(7-2)12-14-13-21-18(22-14)9-8-15(16(20)11-18)17(3,4)5/h14-16,20H,6-13H2,1-5H3. The molecule has 2 rings (SSSR count). The van der Waals surface area contributed by atoms with Gasteiger partial charge in [-0.05, 0) is 37.3 Å². The molecular formula is C18H35NO3. The molecule has 1 heterocycles. The summed E-state index contributed by atoms with van der Waals surface area (Å²) in [5, 5.41) is 10.6. The van der Waals surface area contributed by atoms with Gasteiger partial charge in [-0.25, -0.2) is 0 Å². The van der Waals surface area contributed by atoms with Crippen molar-refractivity contribution in [2.75, 3.05) is 26.2 Å². The van der Waals surface area contributed by atoms with Gasteiger partial charge in [0.2, 0.25) is 0 Å². The molecule has 1 aliphatic carbocycles. The molecule has 0 amide bonds. The zero-order valence-corrected chi connectivity index (χ0v) is 15.1. The van der Waals surface area contributed by atoms with Crippen LogP contribution in [0, 0.1) is 11.3 Å². The van der Waals surface area contributed by atoms with Gasteiger partial charge < -0.3 is 19.5 Å². The Morgan fingerprint density at radius 2 is 2.00 bits per heavy atom. The van der Waals surface area contributed by atoms with Gasteiger partial charge in [-0.15, -0.1) is 0 Å². The van der Waals surface area contributed by atoms with E-state index in [-0.39, 0.29) is 17.6 Å². The second kappa shape index (κ2) is 7.16. The van der Waals surface area contributed by atoms with Crippen molar-refractivity contribution in [2.45, 2.75) is 78.3 Å². The van der Waals surface area contributed by atoms with Crippen LogP contribution in [-0.2, 0) is 9.47 Å². The molecule has 1 saturated carbocycles. The second-order valence-electron chi connectivity index (χ2n) is 8.14. The molecule has 0 bridgehead atoms. The van der Waals surface area contributed by atoms with Crippen LogP contribution in [0.2, 0.25) is 0 Å². The van der Waals surface area contributed by atoms with E-state index in [1.807, 2.05) is 0 Å². The van der Waals surface area contributed by atoms with Crippen molar-refractivity contribution in [3.05, 3.63) is 0 Å². The van der Waals surface area contributed by atoms with Crippen LogP contribution in [0.5, 0.6) is 0 Å². The maximum Gasteiger partial charge on any atom is 0.171 e. The van der Waals surface area contributed by atoms with E-state index in [0.717, 1.165) is 32.5 Å². The summed E-state index contributed by atoms with van der Waals surface area (Å²) in [6.45, 7) is 14.8. The lowest BCUT2D eigenvalue weighted by Crippen LogP contribution is -2.47. The number of hydrogen-bond acceptors (Lipinski definition) is 4. The van der Waals surface area contributed by atoms with Crippen molar-refractivity contribution >= 4 is 0 Å². The summed E-state index contributed by atoms with van der Waals surface area (Å²) in [7, 11) is 0. The highest BCUT2D eigenvalue weighted by molar-refractivity contribution is 4.93. The molecule has 1 saturated heterocycles. The molecule has 0 aromatic heterocycles. The van der Waals surface area contributed by atoms with Crippen LogP contribution < -0.4 is 0 Å². The third-order valence-electron chi connectivity index (χ3n) is 5.30. The average molecular weight is 313 g/mol.